The highest BCUT2D eigenvalue weighted by atomic mass is 16.5. The number of nitrogen functional groups attached to an aromatic ring is 1. The van der Waals surface area contributed by atoms with Crippen molar-refractivity contribution in [1.29, 1.82) is 0 Å². The maximum Gasteiger partial charge on any atom is 0.251 e. The summed E-state index contributed by atoms with van der Waals surface area (Å²) >= 11 is 0. The van der Waals surface area contributed by atoms with Crippen molar-refractivity contribution in [2.45, 2.75) is 20.3 Å². The summed E-state index contributed by atoms with van der Waals surface area (Å²) in [6.07, 6.45) is 0.642. The number of hydrogen-bond donors (Lipinski definition) is 2. The van der Waals surface area contributed by atoms with Crippen LogP contribution in [0.2, 0.25) is 0 Å². The first-order valence-corrected chi connectivity index (χ1v) is 5.88. The zero-order valence-corrected chi connectivity index (χ0v) is 10.7. The van der Waals surface area contributed by atoms with Gasteiger partial charge in [-0.15, -0.1) is 11.8 Å². The van der Waals surface area contributed by atoms with E-state index in [1.807, 2.05) is 6.92 Å². The highest BCUT2D eigenvalue weighted by molar-refractivity contribution is 5.95. The molecule has 0 saturated carbocycles. The molecule has 1 amide bonds. The number of carbonyl (C=O) groups is 1. The Morgan fingerprint density at radius 3 is 2.89 bits per heavy atom. The number of nitrogens with two attached hydrogens (primary N) is 1. The molecule has 0 atom stereocenters. The summed E-state index contributed by atoms with van der Waals surface area (Å²) in [6.45, 7) is 4.72. The molecule has 0 aliphatic carbocycles. The molecular formula is C14H18N2O2. The molecule has 1 rings (SSSR count). The fourth-order valence-electron chi connectivity index (χ4n) is 1.47. The van der Waals surface area contributed by atoms with Crippen LogP contribution in [0.4, 0.5) is 5.69 Å². The zero-order valence-electron chi connectivity index (χ0n) is 10.7. The molecule has 0 aliphatic heterocycles. The molecule has 18 heavy (non-hydrogen) atoms. The van der Waals surface area contributed by atoms with Gasteiger partial charge in [0.25, 0.3) is 5.91 Å². The summed E-state index contributed by atoms with van der Waals surface area (Å²) in [4.78, 5) is 11.8. The topological polar surface area (TPSA) is 64.4 Å². The van der Waals surface area contributed by atoms with E-state index in [4.69, 9.17) is 10.5 Å². The minimum Gasteiger partial charge on any atom is -0.494 e. The van der Waals surface area contributed by atoms with Crippen LogP contribution >= 0.6 is 0 Å². The lowest BCUT2D eigenvalue weighted by Gasteiger charge is -2.08. The van der Waals surface area contributed by atoms with Gasteiger partial charge in [-0.05, 0) is 26.0 Å². The minimum absolute atomic E-state index is 0.166. The summed E-state index contributed by atoms with van der Waals surface area (Å²) in [5, 5.41) is 2.78. The van der Waals surface area contributed by atoms with Crippen molar-refractivity contribution >= 4 is 11.6 Å². The first-order chi connectivity index (χ1) is 8.67. The van der Waals surface area contributed by atoms with Crippen LogP contribution < -0.4 is 15.8 Å². The predicted molar refractivity (Wildman–Crippen MR) is 72.4 cm³/mol. The Bertz CT molecular complexity index is 472. The minimum atomic E-state index is -0.166. The van der Waals surface area contributed by atoms with Gasteiger partial charge in [0.2, 0.25) is 0 Å². The average Bonchev–Trinajstić information content (AvgIpc) is 2.34. The Kier molecular flexibility index (Phi) is 5.59. The molecule has 0 radical (unpaired) electrons. The van der Waals surface area contributed by atoms with E-state index in [1.54, 1.807) is 25.1 Å². The van der Waals surface area contributed by atoms with E-state index in [2.05, 4.69) is 17.2 Å². The van der Waals surface area contributed by atoms with Crippen LogP contribution in [0.5, 0.6) is 5.75 Å². The lowest BCUT2D eigenvalue weighted by atomic mass is 10.1. The summed E-state index contributed by atoms with van der Waals surface area (Å²) in [5.74, 6) is 6.10. The Morgan fingerprint density at radius 1 is 1.44 bits per heavy atom. The zero-order chi connectivity index (χ0) is 13.4. The van der Waals surface area contributed by atoms with Gasteiger partial charge in [0.1, 0.15) is 5.75 Å². The lowest BCUT2D eigenvalue weighted by Crippen LogP contribution is -2.24. The van der Waals surface area contributed by atoms with Crippen molar-refractivity contribution in [3.8, 4) is 17.6 Å². The van der Waals surface area contributed by atoms with Crippen molar-refractivity contribution < 1.29 is 9.53 Å². The van der Waals surface area contributed by atoms with Gasteiger partial charge < -0.3 is 15.8 Å². The molecule has 4 heteroatoms. The van der Waals surface area contributed by atoms with Gasteiger partial charge in [-0.3, -0.25) is 4.79 Å². The van der Waals surface area contributed by atoms with Crippen LogP contribution in [0.25, 0.3) is 0 Å². The van der Waals surface area contributed by atoms with E-state index in [9.17, 15) is 4.79 Å². The summed E-state index contributed by atoms with van der Waals surface area (Å²) < 4.78 is 5.34. The van der Waals surface area contributed by atoms with Crippen molar-refractivity contribution in [2.24, 2.45) is 0 Å². The van der Waals surface area contributed by atoms with Crippen molar-refractivity contribution in [3.63, 3.8) is 0 Å². The molecule has 96 valence electrons. The highest BCUT2D eigenvalue weighted by Crippen LogP contribution is 2.18. The van der Waals surface area contributed by atoms with Crippen LogP contribution in [-0.4, -0.2) is 19.1 Å². The van der Waals surface area contributed by atoms with E-state index < -0.39 is 0 Å². The molecule has 3 N–H and O–H groups in total. The van der Waals surface area contributed by atoms with E-state index >= 15 is 0 Å². The van der Waals surface area contributed by atoms with Gasteiger partial charge >= 0.3 is 0 Å². The maximum atomic E-state index is 11.8. The number of carbonyl (C=O) groups excluding carboxylic acids is 1. The molecule has 0 bridgehead atoms. The molecule has 0 heterocycles. The number of nitrogens with one attached hydrogen (secondary N) is 1. The van der Waals surface area contributed by atoms with E-state index in [0.29, 0.717) is 36.6 Å². The van der Waals surface area contributed by atoms with Crippen LogP contribution in [0.1, 0.15) is 30.6 Å². The Labute approximate surface area is 108 Å². The SMILES string of the molecule is CC#CCCNC(=O)c1cc(N)cc(OCC)c1. The van der Waals surface area contributed by atoms with E-state index in [1.165, 1.54) is 0 Å². The largest absolute Gasteiger partial charge is 0.494 e. The third-order valence-corrected chi connectivity index (χ3v) is 2.21. The number of ether oxygens (including phenoxy) is 1. The fourth-order valence-corrected chi connectivity index (χ4v) is 1.47. The van der Waals surface area contributed by atoms with Gasteiger partial charge in [-0.25, -0.2) is 0 Å². The van der Waals surface area contributed by atoms with Crippen molar-refractivity contribution in [3.05, 3.63) is 23.8 Å². The Morgan fingerprint density at radius 2 is 2.22 bits per heavy atom. The molecule has 1 aromatic rings. The quantitative estimate of drug-likeness (QED) is 0.473. The van der Waals surface area contributed by atoms with Gasteiger partial charge in [0.15, 0.2) is 0 Å². The molecule has 0 spiro atoms. The van der Waals surface area contributed by atoms with Crippen LogP contribution in [0.3, 0.4) is 0 Å². The third-order valence-electron chi connectivity index (χ3n) is 2.21. The monoisotopic (exact) mass is 246 g/mol. The summed E-state index contributed by atoms with van der Waals surface area (Å²) in [7, 11) is 0. The normalized spacial score (nSPS) is 9.22. The number of benzene rings is 1. The maximum absolute atomic E-state index is 11.8. The van der Waals surface area contributed by atoms with Gasteiger partial charge in [-0.2, -0.15) is 0 Å². The molecule has 0 saturated heterocycles. The number of hydrogen-bond acceptors (Lipinski definition) is 3. The first kappa shape index (κ1) is 13.9. The fraction of sp³-hybridized carbons (Fsp3) is 0.357. The van der Waals surface area contributed by atoms with E-state index in [-0.39, 0.29) is 5.91 Å². The number of rotatable bonds is 5. The first-order valence-electron chi connectivity index (χ1n) is 5.88. The average molecular weight is 246 g/mol. The van der Waals surface area contributed by atoms with Gasteiger partial charge in [-0.1, -0.05) is 0 Å². The third kappa shape index (κ3) is 4.38. The van der Waals surface area contributed by atoms with Gasteiger partial charge in [0.05, 0.1) is 6.61 Å². The Hall–Kier alpha value is -2.15. The second kappa shape index (κ2) is 7.23. The van der Waals surface area contributed by atoms with Gasteiger partial charge in [0, 0.05) is 30.3 Å². The molecule has 0 aromatic heterocycles. The molecule has 0 aliphatic rings. The number of amides is 1. The molecular weight excluding hydrogens is 228 g/mol. The van der Waals surface area contributed by atoms with Crippen LogP contribution in [0, 0.1) is 11.8 Å². The summed E-state index contributed by atoms with van der Waals surface area (Å²) in [5.41, 5.74) is 6.74. The molecule has 0 fully saturated rings. The van der Waals surface area contributed by atoms with Crippen LogP contribution in [0.15, 0.2) is 18.2 Å². The lowest BCUT2D eigenvalue weighted by molar-refractivity contribution is 0.0954. The van der Waals surface area contributed by atoms with Crippen molar-refractivity contribution in [2.75, 3.05) is 18.9 Å². The Balaban J connectivity index is 2.68. The van der Waals surface area contributed by atoms with Crippen molar-refractivity contribution in [1.82, 2.24) is 5.32 Å². The molecule has 4 nitrogen and oxygen atoms in total. The second-order valence-corrected chi connectivity index (χ2v) is 3.66. The van der Waals surface area contributed by atoms with E-state index in [0.717, 1.165) is 0 Å². The standard InChI is InChI=1S/C14H18N2O2/c1-3-5-6-7-16-14(17)11-8-12(15)10-13(9-11)18-4-2/h8-10H,4,6-7,15H2,1-2H3,(H,16,17). The highest BCUT2D eigenvalue weighted by Gasteiger charge is 2.07. The van der Waals surface area contributed by atoms with Crippen LogP contribution in [-0.2, 0) is 0 Å². The number of anilines is 1. The molecule has 1 aromatic carbocycles. The smallest absolute Gasteiger partial charge is 0.251 e. The summed E-state index contributed by atoms with van der Waals surface area (Å²) in [6, 6.07) is 5.01. The second-order valence-electron chi connectivity index (χ2n) is 3.66. The molecule has 0 unspecified atom stereocenters. The predicted octanol–water partition coefficient (Wildman–Crippen LogP) is 1.81.